The van der Waals surface area contributed by atoms with E-state index in [0.717, 1.165) is 0 Å². The van der Waals surface area contributed by atoms with Gasteiger partial charge in [-0.3, -0.25) is 0 Å². The van der Waals surface area contributed by atoms with E-state index in [4.69, 9.17) is 10.8 Å². The van der Waals surface area contributed by atoms with Crippen LogP contribution in [0.1, 0.15) is 19.5 Å². The standard InChI is InChI=1S/C9H16FN3O/c1-6(2)5-7-8(10)9(11)13(12-7)3-4-14/h6,14H,3-5,11H2,1-2H3. The van der Waals surface area contributed by atoms with Gasteiger partial charge in [-0.05, 0) is 12.3 Å². The number of halogens is 1. The minimum absolute atomic E-state index is 0.00898. The third-order valence-electron chi connectivity index (χ3n) is 1.91. The average molecular weight is 201 g/mol. The Bertz CT molecular complexity index is 309. The number of nitrogens with two attached hydrogens (primary N) is 1. The van der Waals surface area contributed by atoms with Gasteiger partial charge in [0.05, 0.1) is 13.2 Å². The smallest absolute Gasteiger partial charge is 0.188 e. The lowest BCUT2D eigenvalue weighted by Crippen LogP contribution is -2.08. The Morgan fingerprint density at radius 3 is 2.71 bits per heavy atom. The van der Waals surface area contributed by atoms with Crippen LogP contribution in [0, 0.1) is 11.7 Å². The molecule has 0 atom stereocenters. The van der Waals surface area contributed by atoms with E-state index >= 15 is 0 Å². The topological polar surface area (TPSA) is 64.1 Å². The zero-order chi connectivity index (χ0) is 10.7. The molecule has 14 heavy (non-hydrogen) atoms. The fourth-order valence-electron chi connectivity index (χ4n) is 1.29. The molecule has 4 nitrogen and oxygen atoms in total. The van der Waals surface area contributed by atoms with Crippen molar-refractivity contribution in [2.24, 2.45) is 5.92 Å². The summed E-state index contributed by atoms with van der Waals surface area (Å²) in [7, 11) is 0. The summed E-state index contributed by atoms with van der Waals surface area (Å²) < 4.78 is 14.7. The minimum atomic E-state index is -0.452. The summed E-state index contributed by atoms with van der Waals surface area (Å²) in [6, 6.07) is 0. The van der Waals surface area contributed by atoms with E-state index in [1.165, 1.54) is 4.68 Å². The van der Waals surface area contributed by atoms with Gasteiger partial charge in [0.2, 0.25) is 0 Å². The van der Waals surface area contributed by atoms with E-state index in [2.05, 4.69) is 5.10 Å². The van der Waals surface area contributed by atoms with E-state index in [1.807, 2.05) is 13.8 Å². The summed E-state index contributed by atoms with van der Waals surface area (Å²) in [5.74, 6) is -0.108. The highest BCUT2D eigenvalue weighted by Gasteiger charge is 2.15. The van der Waals surface area contributed by atoms with Crippen LogP contribution in [0.5, 0.6) is 0 Å². The molecule has 1 aromatic heterocycles. The molecule has 1 heterocycles. The lowest BCUT2D eigenvalue weighted by atomic mass is 10.1. The molecule has 0 saturated heterocycles. The van der Waals surface area contributed by atoms with Crippen molar-refractivity contribution in [2.45, 2.75) is 26.8 Å². The molecule has 0 aliphatic rings. The maximum absolute atomic E-state index is 13.4. The third-order valence-corrected chi connectivity index (χ3v) is 1.91. The van der Waals surface area contributed by atoms with Crippen LogP contribution in [0.2, 0.25) is 0 Å². The third kappa shape index (κ3) is 2.23. The van der Waals surface area contributed by atoms with Crippen LogP contribution >= 0.6 is 0 Å². The normalized spacial score (nSPS) is 11.2. The number of aliphatic hydroxyl groups is 1. The van der Waals surface area contributed by atoms with Crippen LogP contribution in [0.25, 0.3) is 0 Å². The minimum Gasteiger partial charge on any atom is -0.394 e. The number of aromatic nitrogens is 2. The van der Waals surface area contributed by atoms with Gasteiger partial charge in [-0.2, -0.15) is 5.10 Å². The molecule has 0 saturated carbocycles. The van der Waals surface area contributed by atoms with Crippen molar-refractivity contribution in [3.63, 3.8) is 0 Å². The molecule has 0 spiro atoms. The first kappa shape index (κ1) is 11.0. The SMILES string of the molecule is CC(C)Cc1nn(CCO)c(N)c1F. The maximum Gasteiger partial charge on any atom is 0.188 e. The maximum atomic E-state index is 13.4. The van der Waals surface area contributed by atoms with Crippen molar-refractivity contribution in [1.29, 1.82) is 0 Å². The predicted octanol–water partition coefficient (Wildman–Crippen LogP) is 0.795. The van der Waals surface area contributed by atoms with Gasteiger partial charge in [-0.25, -0.2) is 9.07 Å². The predicted molar refractivity (Wildman–Crippen MR) is 52.2 cm³/mol. The Labute approximate surface area is 82.5 Å². The fourth-order valence-corrected chi connectivity index (χ4v) is 1.29. The first-order chi connectivity index (χ1) is 6.56. The number of nitrogens with zero attached hydrogens (tertiary/aromatic N) is 2. The summed E-state index contributed by atoms with van der Waals surface area (Å²) in [5, 5.41) is 12.7. The zero-order valence-corrected chi connectivity index (χ0v) is 8.50. The van der Waals surface area contributed by atoms with E-state index < -0.39 is 5.82 Å². The fraction of sp³-hybridized carbons (Fsp3) is 0.667. The molecule has 1 rings (SSSR count). The summed E-state index contributed by atoms with van der Waals surface area (Å²) in [5.41, 5.74) is 5.86. The molecular weight excluding hydrogens is 185 g/mol. The number of hydrogen-bond acceptors (Lipinski definition) is 3. The summed E-state index contributed by atoms with van der Waals surface area (Å²) in [4.78, 5) is 0. The van der Waals surface area contributed by atoms with Gasteiger partial charge >= 0.3 is 0 Å². The van der Waals surface area contributed by atoms with Crippen LogP contribution in [0.3, 0.4) is 0 Å². The molecular formula is C9H16FN3O. The van der Waals surface area contributed by atoms with Gasteiger partial charge < -0.3 is 10.8 Å². The van der Waals surface area contributed by atoms with E-state index in [0.29, 0.717) is 18.0 Å². The Morgan fingerprint density at radius 2 is 2.21 bits per heavy atom. The first-order valence-corrected chi connectivity index (χ1v) is 4.67. The Hall–Kier alpha value is -1.10. The molecule has 0 radical (unpaired) electrons. The van der Waals surface area contributed by atoms with Gasteiger partial charge in [0.25, 0.3) is 0 Å². The highest BCUT2D eigenvalue weighted by Crippen LogP contribution is 2.17. The molecule has 80 valence electrons. The van der Waals surface area contributed by atoms with Gasteiger partial charge in [0.15, 0.2) is 11.6 Å². The summed E-state index contributed by atoms with van der Waals surface area (Å²) in [6.45, 7) is 4.12. The molecule has 0 aliphatic heterocycles. The second kappa shape index (κ2) is 4.41. The van der Waals surface area contributed by atoms with Crippen molar-refractivity contribution in [3.05, 3.63) is 11.5 Å². The van der Waals surface area contributed by atoms with Crippen molar-refractivity contribution in [3.8, 4) is 0 Å². The van der Waals surface area contributed by atoms with Crippen LogP contribution in [0.15, 0.2) is 0 Å². The molecule has 0 aromatic carbocycles. The number of anilines is 1. The molecule has 0 bridgehead atoms. The van der Waals surface area contributed by atoms with Crippen molar-refractivity contribution >= 4 is 5.82 Å². The van der Waals surface area contributed by atoms with Crippen LogP contribution in [0.4, 0.5) is 10.2 Å². The molecule has 3 N–H and O–H groups in total. The van der Waals surface area contributed by atoms with Crippen molar-refractivity contribution < 1.29 is 9.50 Å². The molecule has 0 fully saturated rings. The highest BCUT2D eigenvalue weighted by atomic mass is 19.1. The Kier molecular flexibility index (Phi) is 3.46. The lowest BCUT2D eigenvalue weighted by Gasteiger charge is -2.00. The summed E-state index contributed by atoms with van der Waals surface area (Å²) in [6.07, 6.45) is 0.564. The zero-order valence-electron chi connectivity index (χ0n) is 8.50. The van der Waals surface area contributed by atoms with E-state index in [-0.39, 0.29) is 19.0 Å². The lowest BCUT2D eigenvalue weighted by molar-refractivity contribution is 0.270. The van der Waals surface area contributed by atoms with E-state index in [1.54, 1.807) is 0 Å². The molecule has 0 aliphatic carbocycles. The van der Waals surface area contributed by atoms with Gasteiger partial charge in [0, 0.05) is 0 Å². The highest BCUT2D eigenvalue weighted by molar-refractivity contribution is 5.33. The molecule has 5 heteroatoms. The average Bonchev–Trinajstić information content (AvgIpc) is 2.34. The molecule has 0 amide bonds. The monoisotopic (exact) mass is 201 g/mol. The van der Waals surface area contributed by atoms with E-state index in [9.17, 15) is 4.39 Å². The number of nitrogen functional groups attached to an aromatic ring is 1. The van der Waals surface area contributed by atoms with Crippen LogP contribution in [-0.4, -0.2) is 21.5 Å². The molecule has 1 aromatic rings. The number of aliphatic hydroxyl groups excluding tert-OH is 1. The second-order valence-electron chi connectivity index (χ2n) is 3.69. The van der Waals surface area contributed by atoms with Crippen molar-refractivity contribution in [1.82, 2.24) is 9.78 Å². The van der Waals surface area contributed by atoms with Gasteiger partial charge in [-0.15, -0.1) is 0 Å². The van der Waals surface area contributed by atoms with Crippen LogP contribution < -0.4 is 5.73 Å². The quantitative estimate of drug-likeness (QED) is 0.757. The number of rotatable bonds is 4. The van der Waals surface area contributed by atoms with Gasteiger partial charge in [0.1, 0.15) is 5.69 Å². The summed E-state index contributed by atoms with van der Waals surface area (Å²) >= 11 is 0. The second-order valence-corrected chi connectivity index (χ2v) is 3.69. The first-order valence-electron chi connectivity index (χ1n) is 4.67. The Morgan fingerprint density at radius 1 is 1.57 bits per heavy atom. The largest absolute Gasteiger partial charge is 0.394 e. The molecule has 0 unspecified atom stereocenters. The number of hydrogen-bond donors (Lipinski definition) is 2. The van der Waals surface area contributed by atoms with Crippen LogP contribution in [-0.2, 0) is 13.0 Å². The Balaban J connectivity index is 2.90. The van der Waals surface area contributed by atoms with Crippen molar-refractivity contribution in [2.75, 3.05) is 12.3 Å². The van der Waals surface area contributed by atoms with Gasteiger partial charge in [-0.1, -0.05) is 13.8 Å².